The number of nitrogens with zero attached hydrogens (tertiary/aromatic N) is 9. The number of pyridine rings is 1. The molecule has 0 N–H and O–H groups in total. The van der Waals surface area contributed by atoms with Gasteiger partial charge >= 0.3 is 0 Å². The lowest BCUT2D eigenvalue weighted by Crippen LogP contribution is -2.73. The van der Waals surface area contributed by atoms with Crippen LogP contribution in [0.1, 0.15) is 30.9 Å². The molecule has 9 nitrogen and oxygen atoms in total. The molecule has 0 aliphatic carbocycles. The molecule has 10 heteroatoms. The summed E-state index contributed by atoms with van der Waals surface area (Å²) in [5.74, 6) is 2.50. The topological polar surface area (TPSA) is 101 Å². The van der Waals surface area contributed by atoms with Gasteiger partial charge < -0.3 is 9.80 Å². The third-order valence-electron chi connectivity index (χ3n) is 7.31. The Morgan fingerprint density at radius 3 is 2.51 bits per heavy atom. The minimum atomic E-state index is -0.659. The Labute approximate surface area is 208 Å². The highest BCUT2D eigenvalue weighted by Gasteiger charge is 2.53. The van der Waals surface area contributed by atoms with Crippen molar-refractivity contribution in [2.24, 2.45) is 5.41 Å². The van der Waals surface area contributed by atoms with E-state index < -0.39 is 5.54 Å². The highest BCUT2D eigenvalue weighted by molar-refractivity contribution is 6.30. The highest BCUT2D eigenvalue weighted by Crippen LogP contribution is 2.44. The Morgan fingerprint density at radius 1 is 1.00 bits per heavy atom. The zero-order valence-electron chi connectivity index (χ0n) is 19.6. The number of aromatic nitrogens is 4. The summed E-state index contributed by atoms with van der Waals surface area (Å²) in [5, 5.41) is 28.7. The van der Waals surface area contributed by atoms with Crippen molar-refractivity contribution in [2.45, 2.75) is 32.5 Å². The molecule has 176 valence electrons. The molecule has 0 saturated carbocycles. The molecule has 2 aromatic heterocycles. The van der Waals surface area contributed by atoms with Crippen molar-refractivity contribution < 1.29 is 0 Å². The highest BCUT2D eigenvalue weighted by atomic mass is 35.5. The number of rotatable bonds is 3. The van der Waals surface area contributed by atoms with Gasteiger partial charge in [-0.25, -0.2) is 4.98 Å². The van der Waals surface area contributed by atoms with E-state index in [0.29, 0.717) is 23.8 Å². The first-order valence-electron chi connectivity index (χ1n) is 11.6. The van der Waals surface area contributed by atoms with E-state index in [4.69, 9.17) is 16.9 Å². The van der Waals surface area contributed by atoms with Gasteiger partial charge in [-0.15, -0.1) is 10.2 Å². The zero-order valence-corrected chi connectivity index (χ0v) is 20.4. The molecule has 35 heavy (non-hydrogen) atoms. The summed E-state index contributed by atoms with van der Waals surface area (Å²) in [5.41, 5.74) is 2.04. The molecular formula is C25H24ClN9. The first-order valence-corrected chi connectivity index (χ1v) is 12.0. The summed E-state index contributed by atoms with van der Waals surface area (Å²) in [6.45, 7) is 8.55. The second-order valence-electron chi connectivity index (χ2n) is 10.3. The van der Waals surface area contributed by atoms with Gasteiger partial charge in [0.05, 0.1) is 18.3 Å². The Kier molecular flexibility index (Phi) is 4.79. The van der Waals surface area contributed by atoms with Crippen LogP contribution in [0.2, 0.25) is 5.02 Å². The number of anilines is 2. The van der Waals surface area contributed by atoms with Gasteiger partial charge in [-0.05, 0) is 49.7 Å². The minimum Gasteiger partial charge on any atom is -0.355 e. The average Bonchev–Trinajstić information content (AvgIpc) is 3.12. The Bertz CT molecular complexity index is 1400. The first-order chi connectivity index (χ1) is 16.8. The van der Waals surface area contributed by atoms with Gasteiger partial charge in [0, 0.05) is 43.2 Å². The lowest BCUT2D eigenvalue weighted by molar-refractivity contribution is 0.147. The number of benzene rings is 1. The number of nitriles is 2. The van der Waals surface area contributed by atoms with Crippen LogP contribution in [0.4, 0.5) is 11.8 Å². The van der Waals surface area contributed by atoms with Crippen LogP contribution in [0.15, 0.2) is 36.4 Å². The predicted molar refractivity (Wildman–Crippen MR) is 131 cm³/mol. The van der Waals surface area contributed by atoms with Crippen LogP contribution < -0.4 is 9.80 Å². The molecule has 0 atom stereocenters. The predicted octanol–water partition coefficient (Wildman–Crippen LogP) is 3.13. The smallest absolute Gasteiger partial charge is 0.231 e. The molecule has 6 rings (SSSR count). The van der Waals surface area contributed by atoms with E-state index in [1.807, 2.05) is 44.2 Å². The van der Waals surface area contributed by atoms with Crippen LogP contribution in [0.5, 0.6) is 0 Å². The molecule has 0 radical (unpaired) electrons. The van der Waals surface area contributed by atoms with Crippen LogP contribution in [0, 0.1) is 28.1 Å². The van der Waals surface area contributed by atoms with E-state index in [-0.39, 0.29) is 5.41 Å². The molecule has 2 saturated heterocycles. The lowest BCUT2D eigenvalue weighted by atomic mass is 9.73. The van der Waals surface area contributed by atoms with Crippen LogP contribution in [-0.2, 0) is 13.1 Å². The summed E-state index contributed by atoms with van der Waals surface area (Å²) in [4.78, 5) is 11.0. The van der Waals surface area contributed by atoms with E-state index in [9.17, 15) is 5.26 Å². The zero-order chi connectivity index (χ0) is 24.4. The Balaban J connectivity index is 1.26. The van der Waals surface area contributed by atoms with Gasteiger partial charge in [0.2, 0.25) is 5.95 Å². The maximum Gasteiger partial charge on any atom is 0.231 e. The van der Waals surface area contributed by atoms with Crippen molar-refractivity contribution in [3.63, 3.8) is 0 Å². The molecule has 3 aliphatic rings. The van der Waals surface area contributed by atoms with Gasteiger partial charge in [0.1, 0.15) is 23.1 Å². The minimum absolute atomic E-state index is 0.194. The molecule has 3 aromatic rings. The maximum absolute atomic E-state index is 9.76. The Morgan fingerprint density at radius 2 is 1.77 bits per heavy atom. The monoisotopic (exact) mass is 485 g/mol. The van der Waals surface area contributed by atoms with Crippen LogP contribution in [-0.4, -0.2) is 56.4 Å². The van der Waals surface area contributed by atoms with Crippen molar-refractivity contribution in [3.8, 4) is 17.8 Å². The lowest BCUT2D eigenvalue weighted by Gasteiger charge is -2.60. The summed E-state index contributed by atoms with van der Waals surface area (Å²) in [6.07, 6.45) is 0. The van der Waals surface area contributed by atoms with Gasteiger partial charge in [-0.1, -0.05) is 17.7 Å². The molecule has 0 bridgehead atoms. The van der Waals surface area contributed by atoms with Gasteiger partial charge in [-0.2, -0.15) is 10.5 Å². The quantitative estimate of drug-likeness (QED) is 0.557. The van der Waals surface area contributed by atoms with Crippen LogP contribution in [0.25, 0.3) is 5.69 Å². The van der Waals surface area contributed by atoms with Crippen LogP contribution in [0.3, 0.4) is 0 Å². The maximum atomic E-state index is 9.76. The fraction of sp³-hybridized carbons (Fsp3) is 0.400. The normalized spacial score (nSPS) is 18.5. The number of fused-ring (bicyclic) bond motifs is 3. The standard InChI is InChI=1S/C25H24ClN9/c1-24(2,12-28)34-10-17-8-18(26)6-7-20(17)35-22(11-34)30-31-23(35)33-15-25(16-33)13-32(14-25)21-5-3-4-19(9-27)29-21/h3-8H,10-11,13-16H2,1-2H3. The molecule has 2 fully saturated rings. The van der Waals surface area contributed by atoms with Crippen molar-refractivity contribution in [1.29, 1.82) is 10.5 Å². The third kappa shape index (κ3) is 3.51. The van der Waals surface area contributed by atoms with Gasteiger partial charge in [0.15, 0.2) is 5.82 Å². The van der Waals surface area contributed by atoms with E-state index in [0.717, 1.165) is 55.0 Å². The molecular weight excluding hydrogens is 462 g/mol. The van der Waals surface area contributed by atoms with Crippen molar-refractivity contribution in [3.05, 3.63) is 58.5 Å². The Hall–Kier alpha value is -3.66. The fourth-order valence-corrected chi connectivity index (χ4v) is 5.54. The second kappa shape index (κ2) is 7.67. The molecule has 0 unspecified atom stereocenters. The first kappa shape index (κ1) is 21.8. The molecule has 1 aromatic carbocycles. The number of halogens is 1. The van der Waals surface area contributed by atoms with E-state index in [1.165, 1.54) is 0 Å². The van der Waals surface area contributed by atoms with Crippen LogP contribution >= 0.6 is 11.6 Å². The van der Waals surface area contributed by atoms with Gasteiger partial charge in [0.25, 0.3) is 0 Å². The molecule has 3 aliphatic heterocycles. The second-order valence-corrected chi connectivity index (χ2v) is 10.7. The number of hydrogen-bond acceptors (Lipinski definition) is 8. The SMILES string of the molecule is CC(C)(C#N)N1Cc2cc(Cl)ccc2-n2c(nnc2N2CC3(CN(c4cccc(C#N)n4)C3)C2)C1. The van der Waals surface area contributed by atoms with Crippen molar-refractivity contribution in [2.75, 3.05) is 36.0 Å². The summed E-state index contributed by atoms with van der Waals surface area (Å²) in [6, 6.07) is 16.0. The van der Waals surface area contributed by atoms with E-state index in [2.05, 4.69) is 46.6 Å². The molecule has 0 amide bonds. The number of hydrogen-bond donors (Lipinski definition) is 0. The summed E-state index contributed by atoms with van der Waals surface area (Å²) < 4.78 is 2.13. The molecule has 5 heterocycles. The largest absolute Gasteiger partial charge is 0.355 e. The van der Waals surface area contributed by atoms with Crippen molar-refractivity contribution in [1.82, 2.24) is 24.6 Å². The van der Waals surface area contributed by atoms with E-state index in [1.54, 1.807) is 6.07 Å². The van der Waals surface area contributed by atoms with Gasteiger partial charge in [-0.3, -0.25) is 9.47 Å². The fourth-order valence-electron chi connectivity index (χ4n) is 5.35. The van der Waals surface area contributed by atoms with Crippen molar-refractivity contribution >= 4 is 23.4 Å². The average molecular weight is 486 g/mol. The molecule has 1 spiro atoms. The van der Waals surface area contributed by atoms with E-state index >= 15 is 0 Å². The summed E-state index contributed by atoms with van der Waals surface area (Å²) >= 11 is 6.35. The summed E-state index contributed by atoms with van der Waals surface area (Å²) in [7, 11) is 0. The third-order valence-corrected chi connectivity index (χ3v) is 7.55.